The second-order valence-corrected chi connectivity index (χ2v) is 6.70. The summed E-state index contributed by atoms with van der Waals surface area (Å²) in [6.07, 6.45) is 0. The zero-order chi connectivity index (χ0) is 19.5. The Morgan fingerprint density at radius 3 is 1.86 bits per heavy atom. The van der Waals surface area contributed by atoms with E-state index in [2.05, 4.69) is 5.32 Å². The summed E-state index contributed by atoms with van der Waals surface area (Å²) < 4.78 is 13.5. The molecule has 5 nitrogen and oxygen atoms in total. The van der Waals surface area contributed by atoms with Gasteiger partial charge in [-0.1, -0.05) is 36.4 Å². The van der Waals surface area contributed by atoms with Crippen LogP contribution >= 0.6 is 0 Å². The number of rotatable bonds is 1. The first kappa shape index (κ1) is 16.4. The molecule has 1 aliphatic heterocycles. The molecule has 136 valence electrons. The normalized spacial score (nSPS) is 16.8. The average molecular weight is 372 g/mol. The van der Waals surface area contributed by atoms with E-state index in [9.17, 15) is 18.8 Å². The van der Waals surface area contributed by atoms with Crippen molar-refractivity contribution in [2.75, 3.05) is 10.2 Å². The lowest BCUT2D eigenvalue weighted by Crippen LogP contribution is -2.67. The van der Waals surface area contributed by atoms with E-state index in [1.165, 1.54) is 24.3 Å². The number of fused-ring (bicyclic) bond motifs is 2. The molecule has 0 atom stereocenters. The molecule has 0 fully saturated rings. The number of anilines is 2. The Kier molecular flexibility index (Phi) is 3.27. The van der Waals surface area contributed by atoms with Gasteiger partial charge in [-0.3, -0.25) is 19.3 Å². The van der Waals surface area contributed by atoms with Crippen LogP contribution < -0.4 is 10.2 Å². The Hall–Kier alpha value is -3.80. The van der Waals surface area contributed by atoms with Crippen LogP contribution in [0.1, 0.15) is 31.1 Å². The van der Waals surface area contributed by atoms with Crippen LogP contribution in [0.3, 0.4) is 0 Å². The maximum Gasteiger partial charge on any atom is 0.263 e. The van der Waals surface area contributed by atoms with Crippen molar-refractivity contribution in [2.45, 2.75) is 5.66 Å². The zero-order valence-corrected chi connectivity index (χ0v) is 14.5. The SMILES string of the molecule is O=C1c2ccccc2NC2(C(=O)c3ccccc3C2=O)N1c1ccc(F)cc1. The van der Waals surface area contributed by atoms with Crippen LogP contribution in [0.4, 0.5) is 15.8 Å². The Bertz CT molecular complexity index is 1140. The highest BCUT2D eigenvalue weighted by Crippen LogP contribution is 2.42. The van der Waals surface area contributed by atoms with Crippen molar-refractivity contribution < 1.29 is 18.8 Å². The van der Waals surface area contributed by atoms with Gasteiger partial charge in [0.05, 0.1) is 5.56 Å². The molecule has 1 amide bonds. The minimum atomic E-state index is -1.94. The van der Waals surface area contributed by atoms with Gasteiger partial charge in [-0.2, -0.15) is 0 Å². The van der Waals surface area contributed by atoms with E-state index in [-0.39, 0.29) is 16.8 Å². The van der Waals surface area contributed by atoms with Crippen LogP contribution in [0, 0.1) is 5.82 Å². The predicted octanol–water partition coefficient (Wildman–Crippen LogP) is 3.67. The fourth-order valence-electron chi connectivity index (χ4n) is 3.89. The molecule has 0 aromatic heterocycles. The molecule has 1 heterocycles. The molecule has 28 heavy (non-hydrogen) atoms. The minimum absolute atomic E-state index is 0.249. The fourth-order valence-corrected chi connectivity index (χ4v) is 3.89. The molecule has 3 aromatic carbocycles. The Labute approximate surface area is 159 Å². The molecular formula is C22H13FN2O3. The number of benzene rings is 3. The molecule has 3 aromatic rings. The van der Waals surface area contributed by atoms with Crippen LogP contribution in [0.5, 0.6) is 0 Å². The second-order valence-electron chi connectivity index (χ2n) is 6.70. The van der Waals surface area contributed by atoms with E-state index < -0.39 is 29.0 Å². The first-order valence-electron chi connectivity index (χ1n) is 8.70. The number of para-hydroxylation sites is 1. The lowest BCUT2D eigenvalue weighted by atomic mass is 9.93. The van der Waals surface area contributed by atoms with Gasteiger partial charge in [0.1, 0.15) is 5.82 Å². The molecule has 1 spiro atoms. The lowest BCUT2D eigenvalue weighted by Gasteiger charge is -2.43. The number of carbonyl (C=O) groups is 3. The molecule has 5 rings (SSSR count). The smallest absolute Gasteiger partial charge is 0.263 e. The molecule has 0 radical (unpaired) electrons. The number of ketones is 2. The fraction of sp³-hybridized carbons (Fsp3) is 0.0455. The summed E-state index contributed by atoms with van der Waals surface area (Å²) in [7, 11) is 0. The maximum atomic E-state index is 13.5. The van der Waals surface area contributed by atoms with Crippen molar-refractivity contribution in [3.63, 3.8) is 0 Å². The third kappa shape index (κ3) is 1.97. The number of halogens is 1. The zero-order valence-electron chi connectivity index (χ0n) is 14.5. The Morgan fingerprint density at radius 1 is 0.714 bits per heavy atom. The van der Waals surface area contributed by atoms with E-state index in [4.69, 9.17) is 0 Å². The largest absolute Gasteiger partial charge is 0.349 e. The number of hydrogen-bond acceptors (Lipinski definition) is 4. The third-order valence-corrected chi connectivity index (χ3v) is 5.17. The molecule has 1 N–H and O–H groups in total. The Balaban J connectivity index is 1.80. The predicted molar refractivity (Wildman–Crippen MR) is 101 cm³/mol. The van der Waals surface area contributed by atoms with Crippen molar-refractivity contribution in [1.29, 1.82) is 0 Å². The van der Waals surface area contributed by atoms with E-state index in [1.54, 1.807) is 48.5 Å². The van der Waals surface area contributed by atoms with E-state index >= 15 is 0 Å². The van der Waals surface area contributed by atoms with Gasteiger partial charge >= 0.3 is 0 Å². The van der Waals surface area contributed by atoms with E-state index in [0.717, 1.165) is 4.90 Å². The molecular weight excluding hydrogens is 359 g/mol. The monoisotopic (exact) mass is 372 g/mol. The molecule has 1 aliphatic carbocycles. The first-order chi connectivity index (χ1) is 13.5. The number of hydrogen-bond donors (Lipinski definition) is 1. The summed E-state index contributed by atoms with van der Waals surface area (Å²) in [6, 6.07) is 18.3. The van der Waals surface area contributed by atoms with Crippen LogP contribution in [-0.4, -0.2) is 23.1 Å². The minimum Gasteiger partial charge on any atom is -0.349 e. The number of nitrogens with zero attached hydrogens (tertiary/aromatic N) is 1. The summed E-state index contributed by atoms with van der Waals surface area (Å²) >= 11 is 0. The highest BCUT2D eigenvalue weighted by Gasteiger charge is 2.61. The maximum absolute atomic E-state index is 13.5. The van der Waals surface area contributed by atoms with Crippen molar-refractivity contribution in [3.05, 3.63) is 95.3 Å². The highest BCUT2D eigenvalue weighted by molar-refractivity contribution is 6.39. The standard InChI is InChI=1S/C22H13FN2O3/c23-13-9-11-14(12-10-13)25-21(28)17-7-3-4-8-18(17)24-22(25)19(26)15-5-1-2-6-16(15)20(22)27/h1-12,24H. The van der Waals surface area contributed by atoms with Gasteiger partial charge in [-0.05, 0) is 36.4 Å². The Morgan fingerprint density at radius 2 is 1.25 bits per heavy atom. The van der Waals surface area contributed by atoms with Gasteiger partial charge in [-0.15, -0.1) is 0 Å². The molecule has 0 saturated carbocycles. The van der Waals surface area contributed by atoms with Gasteiger partial charge in [0.25, 0.3) is 5.91 Å². The molecule has 0 saturated heterocycles. The van der Waals surface area contributed by atoms with Crippen LogP contribution in [0.2, 0.25) is 0 Å². The summed E-state index contributed by atoms with van der Waals surface area (Å²) in [5, 5.41) is 3.02. The topological polar surface area (TPSA) is 66.5 Å². The van der Waals surface area contributed by atoms with Crippen LogP contribution in [0.25, 0.3) is 0 Å². The third-order valence-electron chi connectivity index (χ3n) is 5.17. The number of Topliss-reactive ketones (excluding diaryl/α,β-unsaturated/α-hetero) is 2. The molecule has 0 bridgehead atoms. The summed E-state index contributed by atoms with van der Waals surface area (Å²) in [5.74, 6) is -2.01. The summed E-state index contributed by atoms with van der Waals surface area (Å²) in [6.45, 7) is 0. The van der Waals surface area contributed by atoms with Crippen molar-refractivity contribution in [3.8, 4) is 0 Å². The van der Waals surface area contributed by atoms with E-state index in [0.29, 0.717) is 11.3 Å². The number of amides is 1. The number of carbonyl (C=O) groups excluding carboxylic acids is 3. The average Bonchev–Trinajstić information content (AvgIpc) is 2.92. The first-order valence-corrected chi connectivity index (χ1v) is 8.70. The van der Waals surface area contributed by atoms with Crippen molar-refractivity contribution >= 4 is 28.8 Å². The second kappa shape index (κ2) is 5.60. The van der Waals surface area contributed by atoms with Gasteiger partial charge in [0, 0.05) is 22.5 Å². The van der Waals surface area contributed by atoms with Crippen molar-refractivity contribution in [2.24, 2.45) is 0 Å². The molecule has 6 heteroatoms. The van der Waals surface area contributed by atoms with E-state index in [1.807, 2.05) is 0 Å². The van der Waals surface area contributed by atoms with Gasteiger partial charge in [-0.25, -0.2) is 4.39 Å². The van der Waals surface area contributed by atoms with Crippen LogP contribution in [-0.2, 0) is 0 Å². The van der Waals surface area contributed by atoms with Gasteiger partial charge < -0.3 is 5.32 Å². The van der Waals surface area contributed by atoms with Gasteiger partial charge in [0.15, 0.2) is 0 Å². The summed E-state index contributed by atoms with van der Waals surface area (Å²) in [5.41, 5.74) is -0.455. The van der Waals surface area contributed by atoms with Crippen molar-refractivity contribution in [1.82, 2.24) is 0 Å². The molecule has 2 aliphatic rings. The van der Waals surface area contributed by atoms with Crippen LogP contribution in [0.15, 0.2) is 72.8 Å². The van der Waals surface area contributed by atoms with Gasteiger partial charge in [0.2, 0.25) is 17.2 Å². The summed E-state index contributed by atoms with van der Waals surface area (Å²) in [4.78, 5) is 41.4. The quantitative estimate of drug-likeness (QED) is 0.662. The number of nitrogens with one attached hydrogen (secondary N) is 1. The lowest BCUT2D eigenvalue weighted by molar-refractivity contribution is 0.0764. The highest BCUT2D eigenvalue weighted by atomic mass is 19.1. The molecule has 0 unspecified atom stereocenters.